The molecule has 0 spiro atoms. The van der Waals surface area contributed by atoms with Crippen molar-refractivity contribution in [1.82, 2.24) is 15.5 Å². The van der Waals surface area contributed by atoms with Crippen molar-refractivity contribution in [1.29, 1.82) is 0 Å². The van der Waals surface area contributed by atoms with Crippen LogP contribution in [0.15, 0.2) is 0 Å². The summed E-state index contributed by atoms with van der Waals surface area (Å²) in [7, 11) is 0. The summed E-state index contributed by atoms with van der Waals surface area (Å²) in [6, 6.07) is 2.40. The van der Waals surface area contributed by atoms with Crippen molar-refractivity contribution in [3.05, 3.63) is 0 Å². The molecule has 2 N–H and O–H groups in total. The fraction of sp³-hybridized carbons (Fsp3) is 0.933. The molecule has 3 heterocycles. The zero-order valence-corrected chi connectivity index (χ0v) is 11.6. The minimum absolute atomic E-state index is 0.250. The third-order valence-electron chi connectivity index (χ3n) is 5.58. The summed E-state index contributed by atoms with van der Waals surface area (Å²) in [5.41, 5.74) is 0. The summed E-state index contributed by atoms with van der Waals surface area (Å²) in [6.45, 7) is 2.37. The van der Waals surface area contributed by atoms with Gasteiger partial charge < -0.3 is 15.5 Å². The van der Waals surface area contributed by atoms with Crippen molar-refractivity contribution in [3.63, 3.8) is 0 Å². The molecule has 1 saturated carbocycles. The van der Waals surface area contributed by atoms with E-state index in [1.165, 1.54) is 38.8 Å². The van der Waals surface area contributed by atoms with Crippen molar-refractivity contribution in [2.45, 2.75) is 69.1 Å². The number of amides is 1. The number of carbonyl (C=O) groups excluding carboxylic acids is 1. The Hall–Kier alpha value is -0.610. The molecule has 4 aliphatic rings. The molecular formula is C15H25N3O. The SMILES string of the molecule is O=C(NC1CCN(C2CC2)CC1)C1CC2CCC1N2. The van der Waals surface area contributed by atoms with Gasteiger partial charge in [0.1, 0.15) is 0 Å². The fourth-order valence-corrected chi connectivity index (χ4v) is 4.27. The quantitative estimate of drug-likeness (QED) is 0.794. The van der Waals surface area contributed by atoms with Crippen molar-refractivity contribution >= 4 is 5.91 Å². The molecule has 4 fully saturated rings. The van der Waals surface area contributed by atoms with Gasteiger partial charge in [0.15, 0.2) is 0 Å². The molecule has 106 valence electrons. The standard InChI is InChI=1S/C15H25N3O/c19-15(13-9-11-1-4-14(13)16-11)17-10-5-7-18(8-6-10)12-2-3-12/h10-14,16H,1-9H2,(H,17,19). The molecule has 3 saturated heterocycles. The van der Waals surface area contributed by atoms with Crippen LogP contribution in [0.1, 0.15) is 44.9 Å². The molecule has 0 aromatic heterocycles. The Labute approximate surface area is 115 Å². The predicted molar refractivity (Wildman–Crippen MR) is 73.8 cm³/mol. The first-order chi connectivity index (χ1) is 9.29. The maximum atomic E-state index is 12.4. The second-order valence-corrected chi connectivity index (χ2v) is 6.94. The van der Waals surface area contributed by atoms with Gasteiger partial charge in [-0.2, -0.15) is 0 Å². The Bertz CT molecular complexity index is 360. The molecule has 1 aliphatic carbocycles. The number of hydrogen-bond acceptors (Lipinski definition) is 3. The second kappa shape index (κ2) is 4.74. The van der Waals surface area contributed by atoms with Crippen molar-refractivity contribution in [2.75, 3.05) is 13.1 Å². The van der Waals surface area contributed by atoms with Gasteiger partial charge >= 0.3 is 0 Å². The van der Waals surface area contributed by atoms with E-state index in [2.05, 4.69) is 15.5 Å². The lowest BCUT2D eigenvalue weighted by molar-refractivity contribution is -0.126. The molecule has 4 heteroatoms. The van der Waals surface area contributed by atoms with Crippen molar-refractivity contribution < 1.29 is 4.79 Å². The first-order valence-electron chi connectivity index (χ1n) is 8.10. The highest BCUT2D eigenvalue weighted by Gasteiger charge is 2.43. The number of carbonyl (C=O) groups is 1. The number of rotatable bonds is 3. The number of likely N-dealkylation sites (tertiary alicyclic amines) is 1. The minimum atomic E-state index is 0.250. The van der Waals surface area contributed by atoms with Crippen LogP contribution in [-0.4, -0.2) is 48.1 Å². The predicted octanol–water partition coefficient (Wildman–Crippen LogP) is 0.870. The summed E-state index contributed by atoms with van der Waals surface area (Å²) in [5, 5.41) is 6.88. The van der Waals surface area contributed by atoms with E-state index in [1.807, 2.05) is 0 Å². The van der Waals surface area contributed by atoms with Crippen LogP contribution in [0.3, 0.4) is 0 Å². The normalized spacial score (nSPS) is 39.7. The van der Waals surface area contributed by atoms with Gasteiger partial charge in [-0.15, -0.1) is 0 Å². The largest absolute Gasteiger partial charge is 0.353 e. The third kappa shape index (κ3) is 2.40. The lowest BCUT2D eigenvalue weighted by Gasteiger charge is -2.33. The lowest BCUT2D eigenvalue weighted by atomic mass is 9.88. The van der Waals surface area contributed by atoms with Gasteiger partial charge in [0.2, 0.25) is 5.91 Å². The molecule has 3 unspecified atom stereocenters. The van der Waals surface area contributed by atoms with E-state index in [0.717, 1.165) is 25.3 Å². The van der Waals surface area contributed by atoms with Crippen LogP contribution < -0.4 is 10.6 Å². The van der Waals surface area contributed by atoms with Crippen LogP contribution in [0, 0.1) is 5.92 Å². The molecular weight excluding hydrogens is 238 g/mol. The molecule has 4 rings (SSSR count). The van der Waals surface area contributed by atoms with Gasteiger partial charge in [-0.3, -0.25) is 4.79 Å². The second-order valence-electron chi connectivity index (χ2n) is 6.94. The van der Waals surface area contributed by atoms with Gasteiger partial charge in [-0.05, 0) is 44.9 Å². The molecule has 3 atom stereocenters. The Morgan fingerprint density at radius 1 is 1.05 bits per heavy atom. The van der Waals surface area contributed by atoms with E-state index in [1.54, 1.807) is 0 Å². The van der Waals surface area contributed by atoms with Crippen LogP contribution >= 0.6 is 0 Å². The van der Waals surface area contributed by atoms with E-state index >= 15 is 0 Å². The Morgan fingerprint density at radius 3 is 2.42 bits per heavy atom. The smallest absolute Gasteiger partial charge is 0.224 e. The van der Waals surface area contributed by atoms with Gasteiger partial charge in [0.05, 0.1) is 5.92 Å². The molecule has 1 amide bonds. The Kier molecular flexibility index (Phi) is 3.03. The summed E-state index contributed by atoms with van der Waals surface area (Å²) >= 11 is 0. The highest BCUT2D eigenvalue weighted by Crippen LogP contribution is 2.34. The van der Waals surface area contributed by atoms with E-state index in [0.29, 0.717) is 24.0 Å². The van der Waals surface area contributed by atoms with E-state index in [9.17, 15) is 4.79 Å². The molecule has 0 aromatic rings. The topological polar surface area (TPSA) is 44.4 Å². The number of nitrogens with zero attached hydrogens (tertiary/aromatic N) is 1. The first kappa shape index (κ1) is 12.2. The fourth-order valence-electron chi connectivity index (χ4n) is 4.27. The summed E-state index contributed by atoms with van der Waals surface area (Å²) in [6.07, 6.45) is 8.63. The van der Waals surface area contributed by atoms with Gasteiger partial charge in [-0.1, -0.05) is 0 Å². The molecule has 0 radical (unpaired) electrons. The summed E-state index contributed by atoms with van der Waals surface area (Å²) in [5.74, 6) is 0.574. The molecule has 19 heavy (non-hydrogen) atoms. The average Bonchev–Trinajstić information content (AvgIpc) is 3.07. The van der Waals surface area contributed by atoms with Gasteiger partial charge in [-0.25, -0.2) is 0 Å². The average molecular weight is 263 g/mol. The number of nitrogens with one attached hydrogen (secondary N) is 2. The molecule has 2 bridgehead atoms. The minimum Gasteiger partial charge on any atom is -0.353 e. The van der Waals surface area contributed by atoms with Crippen molar-refractivity contribution in [3.8, 4) is 0 Å². The monoisotopic (exact) mass is 263 g/mol. The molecule has 3 aliphatic heterocycles. The number of piperidine rings is 1. The summed E-state index contributed by atoms with van der Waals surface area (Å²) in [4.78, 5) is 15.0. The van der Waals surface area contributed by atoms with Crippen LogP contribution in [0.2, 0.25) is 0 Å². The Morgan fingerprint density at radius 2 is 1.84 bits per heavy atom. The molecule has 4 nitrogen and oxygen atoms in total. The third-order valence-corrected chi connectivity index (χ3v) is 5.58. The van der Waals surface area contributed by atoms with E-state index in [4.69, 9.17) is 0 Å². The highest BCUT2D eigenvalue weighted by molar-refractivity contribution is 5.80. The highest BCUT2D eigenvalue weighted by atomic mass is 16.2. The number of hydrogen-bond donors (Lipinski definition) is 2. The Balaban J connectivity index is 1.26. The zero-order valence-electron chi connectivity index (χ0n) is 11.6. The van der Waals surface area contributed by atoms with E-state index in [-0.39, 0.29) is 5.92 Å². The van der Waals surface area contributed by atoms with Gasteiger partial charge in [0, 0.05) is 37.3 Å². The van der Waals surface area contributed by atoms with Crippen LogP contribution in [0.25, 0.3) is 0 Å². The van der Waals surface area contributed by atoms with E-state index < -0.39 is 0 Å². The molecule has 0 aromatic carbocycles. The number of fused-ring (bicyclic) bond motifs is 2. The zero-order chi connectivity index (χ0) is 12.8. The van der Waals surface area contributed by atoms with Crippen LogP contribution in [0.4, 0.5) is 0 Å². The van der Waals surface area contributed by atoms with Gasteiger partial charge in [0.25, 0.3) is 0 Å². The van der Waals surface area contributed by atoms with Crippen molar-refractivity contribution in [2.24, 2.45) is 5.92 Å². The lowest BCUT2D eigenvalue weighted by Crippen LogP contribution is -2.48. The van der Waals surface area contributed by atoms with Crippen LogP contribution in [0.5, 0.6) is 0 Å². The maximum absolute atomic E-state index is 12.4. The maximum Gasteiger partial charge on any atom is 0.224 e. The van der Waals surface area contributed by atoms with Crippen LogP contribution in [-0.2, 0) is 4.79 Å². The first-order valence-corrected chi connectivity index (χ1v) is 8.10. The summed E-state index contributed by atoms with van der Waals surface area (Å²) < 4.78 is 0.